The number of hydrogen-bond donors (Lipinski definition) is 1. The van der Waals surface area contributed by atoms with E-state index in [2.05, 4.69) is 144 Å². The third-order valence-electron chi connectivity index (χ3n) is 8.61. The van der Waals surface area contributed by atoms with Crippen LogP contribution in [0.4, 0.5) is 0 Å². The number of aliphatic hydroxyl groups is 1. The molecule has 3 atom stereocenters. The van der Waals surface area contributed by atoms with Gasteiger partial charge in [-0.3, -0.25) is 0 Å². The van der Waals surface area contributed by atoms with Gasteiger partial charge in [0.15, 0.2) is 0 Å². The van der Waals surface area contributed by atoms with Gasteiger partial charge in [-0.25, -0.2) is 4.79 Å². The standard InChI is InChI=1S/C33H36.C9H16O3/c1-23(2)33-31(25(4)28-17-11-7-12-18-28)21-30(24(3)27-15-9-6-10-16-27)22-32(33)26(5)29-19-13-8-14-20-29;1-7(2)8(11)12-9(3,4)5-6-10/h6-26H,1-5H3;10H,1,5-6H2,2-4H3. The van der Waals surface area contributed by atoms with Crippen molar-refractivity contribution in [1.29, 1.82) is 0 Å². The van der Waals surface area contributed by atoms with Crippen LogP contribution in [0.2, 0.25) is 0 Å². The Morgan fingerprint density at radius 1 is 0.689 bits per heavy atom. The lowest BCUT2D eigenvalue weighted by Gasteiger charge is -2.28. The molecule has 0 heterocycles. The molecule has 4 rings (SSSR count). The molecule has 0 fully saturated rings. The fourth-order valence-electron chi connectivity index (χ4n) is 5.79. The summed E-state index contributed by atoms with van der Waals surface area (Å²) in [7, 11) is 0. The van der Waals surface area contributed by atoms with Crippen molar-refractivity contribution in [2.45, 2.75) is 91.1 Å². The number of benzene rings is 4. The first kappa shape index (κ1) is 35.5. The van der Waals surface area contributed by atoms with E-state index < -0.39 is 11.6 Å². The minimum atomic E-state index is -0.606. The maximum atomic E-state index is 11.0. The minimum absolute atomic E-state index is 0.0104. The maximum absolute atomic E-state index is 11.0. The molecule has 0 aromatic heterocycles. The first-order valence-corrected chi connectivity index (χ1v) is 16.2. The molecule has 0 aliphatic heterocycles. The van der Waals surface area contributed by atoms with Crippen LogP contribution in [0.5, 0.6) is 0 Å². The number of esters is 1. The molecule has 0 saturated heterocycles. The van der Waals surface area contributed by atoms with Crippen LogP contribution in [-0.2, 0) is 9.53 Å². The number of carbonyl (C=O) groups is 1. The van der Waals surface area contributed by atoms with E-state index in [1.807, 2.05) is 0 Å². The van der Waals surface area contributed by atoms with Crippen LogP contribution < -0.4 is 0 Å². The van der Waals surface area contributed by atoms with Crippen LogP contribution in [-0.4, -0.2) is 23.3 Å². The van der Waals surface area contributed by atoms with Crippen LogP contribution in [0.1, 0.15) is 124 Å². The Balaban J connectivity index is 0.000000392. The van der Waals surface area contributed by atoms with E-state index in [0.29, 0.717) is 35.7 Å². The zero-order valence-corrected chi connectivity index (χ0v) is 28.5. The molecule has 0 bridgehead atoms. The van der Waals surface area contributed by atoms with Crippen molar-refractivity contribution >= 4 is 5.97 Å². The number of rotatable bonds is 11. The lowest BCUT2D eigenvalue weighted by molar-refractivity contribution is -0.152. The Kier molecular flexibility index (Phi) is 12.9. The Bertz CT molecular complexity index is 1440. The molecule has 4 aromatic carbocycles. The summed E-state index contributed by atoms with van der Waals surface area (Å²) >= 11 is 0. The van der Waals surface area contributed by atoms with Gasteiger partial charge in [0.05, 0.1) is 0 Å². The maximum Gasteiger partial charge on any atom is 0.333 e. The van der Waals surface area contributed by atoms with Gasteiger partial charge >= 0.3 is 5.97 Å². The van der Waals surface area contributed by atoms with Gasteiger partial charge in [0, 0.05) is 36.4 Å². The molecule has 45 heavy (non-hydrogen) atoms. The summed E-state index contributed by atoms with van der Waals surface area (Å²) in [6, 6.07) is 37.8. The molecule has 3 nitrogen and oxygen atoms in total. The van der Waals surface area contributed by atoms with Crippen LogP contribution in [0, 0.1) is 0 Å². The van der Waals surface area contributed by atoms with Crippen molar-refractivity contribution < 1.29 is 14.6 Å². The van der Waals surface area contributed by atoms with Crippen LogP contribution in [0.15, 0.2) is 115 Å². The van der Waals surface area contributed by atoms with E-state index in [4.69, 9.17) is 9.84 Å². The SMILES string of the molecule is C=C(C)C(=O)OC(C)(C)CCO.CC(C)c1c(C(C)c2ccccc2)cc(C(C)c2ccccc2)cc1C(C)c1ccccc1. The summed E-state index contributed by atoms with van der Waals surface area (Å²) in [6.45, 7) is 20.3. The van der Waals surface area contributed by atoms with Gasteiger partial charge in [-0.05, 0) is 65.6 Å². The summed E-state index contributed by atoms with van der Waals surface area (Å²) in [6.07, 6.45) is 0.437. The van der Waals surface area contributed by atoms with E-state index in [1.54, 1.807) is 20.8 Å². The van der Waals surface area contributed by atoms with Crippen LogP contribution in [0.25, 0.3) is 0 Å². The quantitative estimate of drug-likeness (QED) is 0.137. The van der Waals surface area contributed by atoms with Gasteiger partial charge in [0.1, 0.15) is 5.60 Å². The van der Waals surface area contributed by atoms with Gasteiger partial charge in [-0.2, -0.15) is 0 Å². The summed E-state index contributed by atoms with van der Waals surface area (Å²) in [5.74, 6) is 1.07. The molecular formula is C42H52O3. The molecule has 0 aliphatic rings. The Morgan fingerprint density at radius 3 is 1.40 bits per heavy atom. The first-order chi connectivity index (χ1) is 21.4. The van der Waals surface area contributed by atoms with Gasteiger partial charge in [-0.15, -0.1) is 0 Å². The fraction of sp³-hybridized carbons (Fsp3) is 0.357. The van der Waals surface area contributed by atoms with Gasteiger partial charge in [-0.1, -0.05) is 144 Å². The van der Waals surface area contributed by atoms with Crippen molar-refractivity contribution in [3.05, 3.63) is 154 Å². The summed E-state index contributed by atoms with van der Waals surface area (Å²) < 4.78 is 5.04. The van der Waals surface area contributed by atoms with Gasteiger partial charge in [0.25, 0.3) is 0 Å². The molecule has 3 heteroatoms. The topological polar surface area (TPSA) is 46.5 Å². The van der Waals surface area contributed by atoms with Crippen LogP contribution >= 0.6 is 0 Å². The smallest absolute Gasteiger partial charge is 0.333 e. The van der Waals surface area contributed by atoms with E-state index in [9.17, 15) is 4.79 Å². The Labute approximate surface area is 272 Å². The van der Waals surface area contributed by atoms with E-state index >= 15 is 0 Å². The minimum Gasteiger partial charge on any atom is -0.456 e. The molecule has 0 spiro atoms. The number of ether oxygens (including phenoxy) is 1. The second kappa shape index (κ2) is 16.4. The number of hydrogen-bond acceptors (Lipinski definition) is 3. The third-order valence-corrected chi connectivity index (χ3v) is 8.61. The van der Waals surface area contributed by atoms with Gasteiger partial charge < -0.3 is 9.84 Å². The molecular weight excluding hydrogens is 552 g/mol. The molecule has 4 aromatic rings. The highest BCUT2D eigenvalue weighted by atomic mass is 16.6. The molecule has 0 radical (unpaired) electrons. The Morgan fingerprint density at radius 2 is 1.07 bits per heavy atom. The van der Waals surface area contributed by atoms with Crippen molar-refractivity contribution in [1.82, 2.24) is 0 Å². The predicted molar refractivity (Wildman–Crippen MR) is 189 cm³/mol. The molecule has 0 aliphatic carbocycles. The number of carbonyl (C=O) groups excluding carboxylic acids is 1. The molecule has 238 valence electrons. The van der Waals surface area contributed by atoms with Crippen molar-refractivity contribution in [3.63, 3.8) is 0 Å². The highest BCUT2D eigenvalue weighted by Gasteiger charge is 2.25. The summed E-state index contributed by atoms with van der Waals surface area (Å²) in [5, 5.41) is 8.64. The van der Waals surface area contributed by atoms with E-state index in [-0.39, 0.29) is 6.61 Å². The second-order valence-corrected chi connectivity index (χ2v) is 13.1. The van der Waals surface area contributed by atoms with Gasteiger partial charge in [0.2, 0.25) is 0 Å². The molecule has 0 saturated carbocycles. The zero-order valence-electron chi connectivity index (χ0n) is 28.5. The van der Waals surface area contributed by atoms with Crippen molar-refractivity contribution in [2.75, 3.05) is 6.61 Å². The summed E-state index contributed by atoms with van der Waals surface area (Å²) in [4.78, 5) is 11.0. The molecule has 3 unspecified atom stereocenters. The molecule has 0 amide bonds. The second-order valence-electron chi connectivity index (χ2n) is 13.1. The van der Waals surface area contributed by atoms with E-state index in [0.717, 1.165) is 0 Å². The van der Waals surface area contributed by atoms with Crippen molar-refractivity contribution in [2.24, 2.45) is 0 Å². The fourth-order valence-corrected chi connectivity index (χ4v) is 5.79. The highest BCUT2D eigenvalue weighted by Crippen LogP contribution is 2.41. The lowest BCUT2D eigenvalue weighted by Crippen LogP contribution is -2.29. The number of aliphatic hydroxyl groups excluding tert-OH is 1. The van der Waals surface area contributed by atoms with Crippen LogP contribution in [0.3, 0.4) is 0 Å². The monoisotopic (exact) mass is 604 g/mol. The normalized spacial score (nSPS) is 13.3. The largest absolute Gasteiger partial charge is 0.456 e. The molecule has 1 N–H and O–H groups in total. The average Bonchev–Trinajstić information content (AvgIpc) is 3.04. The average molecular weight is 605 g/mol. The highest BCUT2D eigenvalue weighted by molar-refractivity contribution is 5.87. The zero-order chi connectivity index (χ0) is 33.1. The third kappa shape index (κ3) is 9.77. The summed E-state index contributed by atoms with van der Waals surface area (Å²) in [5.41, 5.74) is 9.73. The Hall–Kier alpha value is -3.95. The first-order valence-electron chi connectivity index (χ1n) is 16.2. The predicted octanol–water partition coefficient (Wildman–Crippen LogP) is 10.5. The van der Waals surface area contributed by atoms with E-state index in [1.165, 1.54) is 38.9 Å². The van der Waals surface area contributed by atoms with Crippen molar-refractivity contribution in [3.8, 4) is 0 Å². The lowest BCUT2D eigenvalue weighted by atomic mass is 9.76.